The molecule has 6 heteroatoms. The van der Waals surface area contributed by atoms with Crippen LogP contribution in [0.1, 0.15) is 145 Å². The standard InChI is InChI=1S/C49H68N4O2.C2H6/c1-10-25-51(26-23-34(5)11-2)32-36(7)33-53-38(9)37(8)44-29-40(19-22-46(44)53)28-39-17-20-42(21-18-39)49(55)50-43-30-45(41-15-14-16-41)48(47(54)31-43)52(13-4)27-24-35(6)12-3;1-2/h13,17-22,24,27,29-31,34-36,41,54H,4,10-12,14-16,23,25-26,28,32-33H2,1-3,5-9H3,(H,50,55);1-2H3/b27-24-;. The average Bonchev–Trinajstić information content (AvgIpc) is 3.41. The molecule has 3 unspecified atom stereocenters. The first kappa shape index (κ1) is 45.4. The number of nitrogens with zero attached hydrogens (tertiary/aromatic N) is 3. The second-order valence-electron chi connectivity index (χ2n) is 16.6. The molecule has 310 valence electrons. The zero-order valence-electron chi connectivity index (χ0n) is 37.1. The molecule has 5 rings (SSSR count). The third kappa shape index (κ3) is 11.9. The number of aromatic nitrogens is 1. The number of rotatable bonds is 20. The Morgan fingerprint density at radius 1 is 0.947 bits per heavy atom. The topological polar surface area (TPSA) is 60.7 Å². The summed E-state index contributed by atoms with van der Waals surface area (Å²) in [5.41, 5.74) is 9.45. The maximum atomic E-state index is 13.5. The second kappa shape index (κ2) is 22.0. The van der Waals surface area contributed by atoms with Crippen molar-refractivity contribution in [3.63, 3.8) is 0 Å². The molecule has 2 N–H and O–H groups in total. The fourth-order valence-electron chi connectivity index (χ4n) is 7.91. The first-order valence-corrected chi connectivity index (χ1v) is 22.1. The minimum Gasteiger partial charge on any atom is -0.506 e. The Hall–Kier alpha value is -4.29. The van der Waals surface area contributed by atoms with Crippen molar-refractivity contribution in [3.05, 3.63) is 113 Å². The Labute approximate surface area is 346 Å². The first-order valence-electron chi connectivity index (χ1n) is 22.1. The molecule has 3 aromatic carbocycles. The van der Waals surface area contributed by atoms with Gasteiger partial charge in [-0.05, 0) is 135 Å². The number of phenolic OH excluding ortho intramolecular Hbond substituents is 1. The highest BCUT2D eigenvalue weighted by Crippen LogP contribution is 2.46. The minimum absolute atomic E-state index is 0.141. The van der Waals surface area contributed by atoms with E-state index in [2.05, 4.69) is 113 Å². The van der Waals surface area contributed by atoms with Gasteiger partial charge in [0.25, 0.3) is 5.91 Å². The van der Waals surface area contributed by atoms with Gasteiger partial charge in [-0.25, -0.2) is 0 Å². The average molecular weight is 775 g/mol. The summed E-state index contributed by atoms with van der Waals surface area (Å²) in [6.45, 7) is 30.8. The molecule has 1 heterocycles. The van der Waals surface area contributed by atoms with Gasteiger partial charge in [0.2, 0.25) is 0 Å². The van der Waals surface area contributed by atoms with Gasteiger partial charge < -0.3 is 24.8 Å². The molecule has 0 saturated heterocycles. The SMILES string of the molecule is C=CN(/C=C\C(C)CC)c1c(O)cc(NC(=O)c2ccc(Cc3ccc4c(c3)c(C)c(C)n4CC(C)CN(CCC)CCC(C)CC)cc2)cc1C1CCC1.CC. The lowest BCUT2D eigenvalue weighted by molar-refractivity contribution is 0.102. The van der Waals surface area contributed by atoms with E-state index in [0.717, 1.165) is 61.5 Å². The summed E-state index contributed by atoms with van der Waals surface area (Å²) >= 11 is 0. The largest absolute Gasteiger partial charge is 0.506 e. The highest BCUT2D eigenvalue weighted by molar-refractivity contribution is 6.04. The monoisotopic (exact) mass is 775 g/mol. The van der Waals surface area contributed by atoms with E-state index in [1.165, 1.54) is 66.5 Å². The number of anilines is 2. The van der Waals surface area contributed by atoms with Gasteiger partial charge in [0.15, 0.2) is 0 Å². The summed E-state index contributed by atoms with van der Waals surface area (Å²) in [5, 5.41) is 15.7. The molecule has 6 nitrogen and oxygen atoms in total. The molecule has 4 aromatic rings. The molecule has 1 aliphatic rings. The van der Waals surface area contributed by atoms with Crippen molar-refractivity contribution in [2.24, 2.45) is 17.8 Å². The van der Waals surface area contributed by atoms with E-state index in [1.54, 1.807) is 12.3 Å². The number of allylic oxidation sites excluding steroid dienone is 1. The zero-order valence-corrected chi connectivity index (χ0v) is 37.1. The summed E-state index contributed by atoms with van der Waals surface area (Å²) in [7, 11) is 0. The molecule has 57 heavy (non-hydrogen) atoms. The number of carbonyl (C=O) groups is 1. The predicted octanol–water partition coefficient (Wildman–Crippen LogP) is 13.4. The lowest BCUT2D eigenvalue weighted by Crippen LogP contribution is -2.32. The van der Waals surface area contributed by atoms with Crippen LogP contribution in [-0.2, 0) is 13.0 Å². The summed E-state index contributed by atoms with van der Waals surface area (Å²) in [4.78, 5) is 18.1. The number of nitrogens with one attached hydrogen (secondary N) is 1. The predicted molar refractivity (Wildman–Crippen MR) is 246 cm³/mol. The summed E-state index contributed by atoms with van der Waals surface area (Å²) in [6.07, 6.45) is 14.7. The van der Waals surface area contributed by atoms with E-state index in [0.29, 0.717) is 29.0 Å². The first-order chi connectivity index (χ1) is 27.5. The van der Waals surface area contributed by atoms with Crippen molar-refractivity contribution in [1.82, 2.24) is 9.47 Å². The van der Waals surface area contributed by atoms with Crippen LogP contribution in [0, 0.1) is 31.6 Å². The highest BCUT2D eigenvalue weighted by Gasteiger charge is 2.27. The lowest BCUT2D eigenvalue weighted by atomic mass is 9.79. The Balaban J connectivity index is 0.00000354. The van der Waals surface area contributed by atoms with Crippen molar-refractivity contribution in [1.29, 1.82) is 0 Å². The number of amides is 1. The molecule has 0 spiro atoms. The molecule has 3 atom stereocenters. The normalized spacial score (nSPS) is 14.6. The number of hydrogen-bond donors (Lipinski definition) is 2. The Kier molecular flexibility index (Phi) is 17.5. The molecule has 1 fully saturated rings. The van der Waals surface area contributed by atoms with Crippen LogP contribution in [-0.4, -0.2) is 40.1 Å². The lowest BCUT2D eigenvalue weighted by Gasteiger charge is -2.31. The van der Waals surface area contributed by atoms with Gasteiger partial charge in [-0.1, -0.05) is 106 Å². The Morgan fingerprint density at radius 3 is 2.26 bits per heavy atom. The van der Waals surface area contributed by atoms with Crippen molar-refractivity contribution >= 4 is 28.2 Å². The van der Waals surface area contributed by atoms with E-state index in [1.807, 2.05) is 43.1 Å². The molecule has 0 radical (unpaired) electrons. The van der Waals surface area contributed by atoms with Gasteiger partial charge in [-0.15, -0.1) is 0 Å². The molecule has 1 aliphatic carbocycles. The number of hydrogen-bond acceptors (Lipinski definition) is 4. The van der Waals surface area contributed by atoms with E-state index in [9.17, 15) is 9.90 Å². The zero-order chi connectivity index (χ0) is 41.6. The molecular formula is C51H74N4O2. The van der Waals surface area contributed by atoms with Crippen LogP contribution in [0.2, 0.25) is 0 Å². The quantitative estimate of drug-likeness (QED) is 0.0939. The third-order valence-corrected chi connectivity index (χ3v) is 12.2. The summed E-state index contributed by atoms with van der Waals surface area (Å²) < 4.78 is 2.54. The van der Waals surface area contributed by atoms with Gasteiger partial charge >= 0.3 is 0 Å². The van der Waals surface area contributed by atoms with Gasteiger partial charge in [0, 0.05) is 59.4 Å². The summed E-state index contributed by atoms with van der Waals surface area (Å²) in [5.74, 6) is 2.06. The second-order valence-corrected chi connectivity index (χ2v) is 16.6. The Morgan fingerprint density at radius 2 is 1.65 bits per heavy atom. The number of aryl methyl sites for hydroxylation is 1. The maximum Gasteiger partial charge on any atom is 0.255 e. The van der Waals surface area contributed by atoms with Crippen LogP contribution in [0.4, 0.5) is 11.4 Å². The van der Waals surface area contributed by atoms with Gasteiger partial charge in [-0.2, -0.15) is 0 Å². The van der Waals surface area contributed by atoms with Gasteiger partial charge in [0.1, 0.15) is 5.75 Å². The van der Waals surface area contributed by atoms with E-state index in [4.69, 9.17) is 0 Å². The smallest absolute Gasteiger partial charge is 0.255 e. The van der Waals surface area contributed by atoms with Crippen LogP contribution >= 0.6 is 0 Å². The van der Waals surface area contributed by atoms with Crippen LogP contribution in [0.3, 0.4) is 0 Å². The number of carbonyl (C=O) groups excluding carboxylic acids is 1. The van der Waals surface area contributed by atoms with Crippen LogP contribution in [0.25, 0.3) is 10.9 Å². The fourth-order valence-corrected chi connectivity index (χ4v) is 7.91. The fraction of sp³-hybridized carbons (Fsp3) is 0.510. The van der Waals surface area contributed by atoms with E-state index < -0.39 is 0 Å². The Bertz CT molecular complexity index is 1920. The summed E-state index contributed by atoms with van der Waals surface area (Å²) in [6, 6.07) is 18.5. The minimum atomic E-state index is -0.188. The van der Waals surface area contributed by atoms with Gasteiger partial charge in [0.05, 0.1) is 5.69 Å². The maximum absolute atomic E-state index is 13.5. The molecular weight excluding hydrogens is 701 g/mol. The van der Waals surface area contributed by atoms with Crippen molar-refractivity contribution in [3.8, 4) is 5.75 Å². The number of aromatic hydroxyl groups is 1. The molecule has 0 aliphatic heterocycles. The molecule has 0 bridgehead atoms. The third-order valence-electron chi connectivity index (χ3n) is 12.2. The molecule has 1 aromatic heterocycles. The van der Waals surface area contributed by atoms with Crippen LogP contribution in [0.15, 0.2) is 79.7 Å². The highest BCUT2D eigenvalue weighted by atomic mass is 16.3. The number of benzene rings is 3. The van der Waals surface area contributed by atoms with Crippen LogP contribution < -0.4 is 10.2 Å². The molecule has 1 amide bonds. The van der Waals surface area contributed by atoms with Crippen molar-refractivity contribution in [2.45, 2.75) is 133 Å². The van der Waals surface area contributed by atoms with Crippen molar-refractivity contribution < 1.29 is 9.90 Å². The van der Waals surface area contributed by atoms with E-state index >= 15 is 0 Å². The molecule has 1 saturated carbocycles. The van der Waals surface area contributed by atoms with Crippen molar-refractivity contribution in [2.75, 3.05) is 29.9 Å². The van der Waals surface area contributed by atoms with E-state index in [-0.39, 0.29) is 11.7 Å². The van der Waals surface area contributed by atoms with Crippen LogP contribution in [0.5, 0.6) is 5.75 Å². The van der Waals surface area contributed by atoms with Gasteiger partial charge in [-0.3, -0.25) is 4.79 Å². The number of fused-ring (bicyclic) bond motifs is 1. The number of phenols is 1.